The third kappa shape index (κ3) is 5.60. The van der Waals surface area contributed by atoms with Crippen molar-refractivity contribution in [3.05, 3.63) is 53.7 Å². The number of piperazine rings is 1. The van der Waals surface area contributed by atoms with Crippen LogP contribution in [0, 0.1) is 0 Å². The van der Waals surface area contributed by atoms with Gasteiger partial charge in [0, 0.05) is 65.1 Å². The van der Waals surface area contributed by atoms with Crippen molar-refractivity contribution in [2.45, 2.75) is 13.1 Å². The van der Waals surface area contributed by atoms with Crippen LogP contribution in [-0.2, 0) is 13.1 Å². The normalized spacial score (nSPS) is 15.3. The van der Waals surface area contributed by atoms with E-state index in [9.17, 15) is 0 Å². The van der Waals surface area contributed by atoms with Crippen molar-refractivity contribution in [1.82, 2.24) is 20.1 Å². The summed E-state index contributed by atoms with van der Waals surface area (Å²) in [7, 11) is 7.69. The minimum atomic E-state index is 0.680. The first-order valence-electron chi connectivity index (χ1n) is 10.0. The summed E-state index contributed by atoms with van der Waals surface area (Å²) in [6, 6.07) is 12.3. The number of para-hydroxylation sites is 1. The molecule has 0 unspecified atom stereocenters. The van der Waals surface area contributed by atoms with E-state index in [-0.39, 0.29) is 0 Å². The minimum Gasteiger partial charge on any atom is -0.496 e. The fraction of sp³-hybridized carbons (Fsp3) is 0.455. The summed E-state index contributed by atoms with van der Waals surface area (Å²) >= 11 is 0. The maximum Gasteiger partial charge on any atom is 0.193 e. The largest absolute Gasteiger partial charge is 0.496 e. The molecule has 1 saturated heterocycles. The molecule has 1 aliphatic heterocycles. The number of hydrogen-bond acceptors (Lipinski definition) is 5. The molecule has 1 N–H and O–H groups in total. The average Bonchev–Trinajstić information content (AvgIpc) is 2.75. The number of aromatic nitrogens is 1. The van der Waals surface area contributed by atoms with Crippen LogP contribution in [0.2, 0.25) is 0 Å². The second-order valence-corrected chi connectivity index (χ2v) is 7.38. The molecule has 0 bridgehead atoms. The van der Waals surface area contributed by atoms with Gasteiger partial charge >= 0.3 is 0 Å². The Kier molecular flexibility index (Phi) is 7.30. The van der Waals surface area contributed by atoms with Gasteiger partial charge in [-0.2, -0.15) is 0 Å². The average molecular weight is 397 g/mol. The molecule has 0 saturated carbocycles. The van der Waals surface area contributed by atoms with E-state index in [0.717, 1.165) is 54.8 Å². The van der Waals surface area contributed by atoms with E-state index in [2.05, 4.69) is 55.2 Å². The second kappa shape index (κ2) is 10.1. The van der Waals surface area contributed by atoms with Gasteiger partial charge in [-0.25, -0.2) is 4.98 Å². The number of pyridine rings is 1. The number of ether oxygens (including phenoxy) is 1. The molecule has 1 fully saturated rings. The van der Waals surface area contributed by atoms with Crippen LogP contribution in [0.4, 0.5) is 5.82 Å². The third-order valence-corrected chi connectivity index (χ3v) is 5.26. The van der Waals surface area contributed by atoms with Crippen LogP contribution in [-0.4, -0.2) is 75.2 Å². The molecule has 2 heterocycles. The van der Waals surface area contributed by atoms with Gasteiger partial charge in [0.1, 0.15) is 11.6 Å². The Morgan fingerprint density at radius 1 is 1.17 bits per heavy atom. The van der Waals surface area contributed by atoms with E-state index in [1.807, 2.05) is 31.4 Å². The van der Waals surface area contributed by atoms with Gasteiger partial charge in [0.15, 0.2) is 5.96 Å². The summed E-state index contributed by atoms with van der Waals surface area (Å²) in [6.07, 6.45) is 1.95. The number of likely N-dealkylation sites (N-methyl/N-ethyl adjacent to an activating group) is 1. The van der Waals surface area contributed by atoms with Crippen LogP contribution in [0.1, 0.15) is 11.1 Å². The number of benzene rings is 1. The molecule has 7 nitrogen and oxygen atoms in total. The van der Waals surface area contributed by atoms with Gasteiger partial charge in [-0.1, -0.05) is 24.3 Å². The van der Waals surface area contributed by atoms with E-state index in [4.69, 9.17) is 4.74 Å². The zero-order valence-electron chi connectivity index (χ0n) is 17.9. The van der Waals surface area contributed by atoms with Crippen molar-refractivity contribution in [2.75, 3.05) is 59.3 Å². The fourth-order valence-electron chi connectivity index (χ4n) is 3.47. The number of nitrogens with zero attached hydrogens (tertiary/aromatic N) is 5. The number of hydrogen-bond donors (Lipinski definition) is 1. The van der Waals surface area contributed by atoms with E-state index >= 15 is 0 Å². The van der Waals surface area contributed by atoms with Gasteiger partial charge < -0.3 is 24.8 Å². The number of aliphatic imine (C=N–C) groups is 1. The molecular weight excluding hydrogens is 364 g/mol. The summed E-state index contributed by atoms with van der Waals surface area (Å²) in [6.45, 7) is 5.62. The number of guanidine groups is 1. The van der Waals surface area contributed by atoms with E-state index in [0.29, 0.717) is 13.1 Å². The third-order valence-electron chi connectivity index (χ3n) is 5.26. The monoisotopic (exact) mass is 396 g/mol. The quantitative estimate of drug-likeness (QED) is 0.596. The van der Waals surface area contributed by atoms with Crippen LogP contribution in [0.25, 0.3) is 0 Å². The van der Waals surface area contributed by atoms with Gasteiger partial charge in [-0.3, -0.25) is 4.99 Å². The standard InChI is InChI=1S/C22H32N6O/c1-23-22(27(3)17-19-7-5-6-8-20(19)29-4)25-16-18-9-10-21(24-15-18)28-13-11-26(2)12-14-28/h5-10,15H,11-14,16-17H2,1-4H3,(H,23,25). The topological polar surface area (TPSA) is 56.2 Å². The van der Waals surface area contributed by atoms with Gasteiger partial charge in [0.2, 0.25) is 0 Å². The lowest BCUT2D eigenvalue weighted by Crippen LogP contribution is -2.44. The highest BCUT2D eigenvalue weighted by atomic mass is 16.5. The summed E-state index contributed by atoms with van der Waals surface area (Å²) in [4.78, 5) is 15.9. The first kappa shape index (κ1) is 20.9. The number of rotatable bonds is 6. The molecule has 7 heteroatoms. The molecule has 0 aliphatic carbocycles. The van der Waals surface area contributed by atoms with Crippen molar-refractivity contribution in [3.8, 4) is 5.75 Å². The SMILES string of the molecule is CN=C(NCc1ccc(N2CCN(C)CC2)nc1)N(C)Cc1ccccc1OC. The Morgan fingerprint density at radius 3 is 2.59 bits per heavy atom. The molecule has 0 amide bonds. The molecule has 156 valence electrons. The van der Waals surface area contributed by atoms with Gasteiger partial charge in [-0.15, -0.1) is 0 Å². The summed E-state index contributed by atoms with van der Waals surface area (Å²) in [5.41, 5.74) is 2.26. The second-order valence-electron chi connectivity index (χ2n) is 7.38. The van der Waals surface area contributed by atoms with Crippen molar-refractivity contribution < 1.29 is 4.74 Å². The van der Waals surface area contributed by atoms with E-state index in [1.54, 1.807) is 14.2 Å². The van der Waals surface area contributed by atoms with Crippen molar-refractivity contribution in [2.24, 2.45) is 4.99 Å². The van der Waals surface area contributed by atoms with Crippen molar-refractivity contribution in [1.29, 1.82) is 0 Å². The molecule has 0 radical (unpaired) electrons. The zero-order chi connectivity index (χ0) is 20.6. The molecule has 0 spiro atoms. The summed E-state index contributed by atoms with van der Waals surface area (Å²) in [5, 5.41) is 3.42. The molecular formula is C22H32N6O. The summed E-state index contributed by atoms with van der Waals surface area (Å²) in [5.74, 6) is 2.78. The Morgan fingerprint density at radius 2 is 1.93 bits per heavy atom. The molecule has 1 aromatic carbocycles. The lowest BCUT2D eigenvalue weighted by atomic mass is 10.2. The number of anilines is 1. The number of nitrogens with one attached hydrogen (secondary N) is 1. The smallest absolute Gasteiger partial charge is 0.193 e. The van der Waals surface area contributed by atoms with Gasteiger partial charge in [-0.05, 0) is 24.7 Å². The van der Waals surface area contributed by atoms with E-state index in [1.165, 1.54) is 0 Å². The molecule has 3 rings (SSSR count). The fourth-order valence-corrected chi connectivity index (χ4v) is 3.47. The zero-order valence-corrected chi connectivity index (χ0v) is 17.9. The van der Waals surface area contributed by atoms with Gasteiger partial charge in [0.05, 0.1) is 7.11 Å². The van der Waals surface area contributed by atoms with Gasteiger partial charge in [0.25, 0.3) is 0 Å². The molecule has 1 aliphatic rings. The lowest BCUT2D eigenvalue weighted by molar-refractivity contribution is 0.312. The maximum absolute atomic E-state index is 5.45. The number of methoxy groups -OCH3 is 1. The molecule has 1 aromatic heterocycles. The maximum atomic E-state index is 5.45. The van der Waals surface area contributed by atoms with Crippen LogP contribution in [0.15, 0.2) is 47.6 Å². The highest BCUT2D eigenvalue weighted by Crippen LogP contribution is 2.19. The van der Waals surface area contributed by atoms with Crippen molar-refractivity contribution in [3.63, 3.8) is 0 Å². The highest BCUT2D eigenvalue weighted by Gasteiger charge is 2.15. The summed E-state index contributed by atoms with van der Waals surface area (Å²) < 4.78 is 5.45. The Balaban J connectivity index is 1.55. The molecule has 2 aromatic rings. The predicted octanol–water partition coefficient (Wildman–Crippen LogP) is 2.05. The first-order valence-corrected chi connectivity index (χ1v) is 10.0. The lowest BCUT2D eigenvalue weighted by Gasteiger charge is -2.33. The van der Waals surface area contributed by atoms with Crippen LogP contribution < -0.4 is 15.0 Å². The predicted molar refractivity (Wildman–Crippen MR) is 119 cm³/mol. The molecule has 0 atom stereocenters. The van der Waals surface area contributed by atoms with Crippen LogP contribution in [0.5, 0.6) is 5.75 Å². The van der Waals surface area contributed by atoms with E-state index < -0.39 is 0 Å². The Bertz CT molecular complexity index is 799. The molecule has 29 heavy (non-hydrogen) atoms. The van der Waals surface area contributed by atoms with Crippen LogP contribution in [0.3, 0.4) is 0 Å². The minimum absolute atomic E-state index is 0.680. The highest BCUT2D eigenvalue weighted by molar-refractivity contribution is 5.79. The van der Waals surface area contributed by atoms with Crippen molar-refractivity contribution >= 4 is 11.8 Å². The van der Waals surface area contributed by atoms with Crippen LogP contribution >= 0.6 is 0 Å². The Hall–Kier alpha value is -2.80. The first-order chi connectivity index (χ1) is 14.1. The Labute approximate surface area is 174 Å².